The lowest BCUT2D eigenvalue weighted by molar-refractivity contribution is 0.100. The standard InChI is InChI=1S/C28H33N7O4S/c1-18-5-4-8-39-27-22(16-29-34(27)3)24-14-20(13-19(2)30-24)26(36)32-28-31-23-7-6-21(15-25(23)35(28)17-18)33-40(37)11-9-38-10-12-40/h6-7,13-16,18H,4-5,8-12,17H2,1-3H3,(H,31,32,36). The van der Waals surface area contributed by atoms with Gasteiger partial charge in [-0.25, -0.2) is 8.89 Å². The second kappa shape index (κ2) is 10.7. The fourth-order valence-electron chi connectivity index (χ4n) is 5.21. The number of carbonyl (C=O) groups excluding carboxylic acids is 1. The molecule has 0 aliphatic carbocycles. The molecule has 1 unspecified atom stereocenters. The van der Waals surface area contributed by atoms with Gasteiger partial charge >= 0.3 is 0 Å². The molecule has 0 radical (unpaired) electrons. The van der Waals surface area contributed by atoms with Gasteiger partial charge in [0.05, 0.1) is 75.6 Å². The topological polar surface area (TPSA) is 123 Å². The van der Waals surface area contributed by atoms with Crippen molar-refractivity contribution in [2.45, 2.75) is 26.7 Å². The maximum absolute atomic E-state index is 13.5. The van der Waals surface area contributed by atoms with E-state index in [4.69, 9.17) is 9.47 Å². The van der Waals surface area contributed by atoms with Crippen molar-refractivity contribution in [3.8, 4) is 17.1 Å². The zero-order valence-corrected chi connectivity index (χ0v) is 23.7. The Bertz CT molecular complexity index is 1610. The summed E-state index contributed by atoms with van der Waals surface area (Å²) in [6, 6.07) is 9.17. The third kappa shape index (κ3) is 5.33. The number of benzene rings is 1. The van der Waals surface area contributed by atoms with Crippen molar-refractivity contribution in [1.82, 2.24) is 14.8 Å². The monoisotopic (exact) mass is 563 g/mol. The van der Waals surface area contributed by atoms with Gasteiger partial charge in [0, 0.05) is 24.8 Å². The highest BCUT2D eigenvalue weighted by Crippen LogP contribution is 2.38. The summed E-state index contributed by atoms with van der Waals surface area (Å²) < 4.78 is 31.1. The lowest BCUT2D eigenvalue weighted by atomic mass is 10.1. The van der Waals surface area contributed by atoms with Crippen molar-refractivity contribution in [3.63, 3.8) is 0 Å². The number of carbonyl (C=O) groups is 1. The zero-order chi connectivity index (χ0) is 27.9. The van der Waals surface area contributed by atoms with E-state index in [1.54, 1.807) is 23.0 Å². The molecule has 40 heavy (non-hydrogen) atoms. The maximum atomic E-state index is 13.5. The number of nitrogens with zero attached hydrogens (tertiary/aromatic N) is 6. The first-order chi connectivity index (χ1) is 19.3. The quantitative estimate of drug-likeness (QED) is 0.468. The van der Waals surface area contributed by atoms with E-state index < -0.39 is 9.73 Å². The van der Waals surface area contributed by atoms with Gasteiger partial charge in [-0.15, -0.1) is 0 Å². The first-order valence-electron chi connectivity index (χ1n) is 13.5. The van der Waals surface area contributed by atoms with E-state index in [2.05, 4.69) is 31.7 Å². The van der Waals surface area contributed by atoms with E-state index in [0.29, 0.717) is 72.3 Å². The minimum absolute atomic E-state index is 0.269. The molecule has 0 spiro atoms. The molecule has 2 bridgehead atoms. The van der Waals surface area contributed by atoms with E-state index in [1.165, 1.54) is 0 Å². The van der Waals surface area contributed by atoms with Crippen molar-refractivity contribution in [2.75, 3.05) is 48.1 Å². The second-order valence-corrected chi connectivity index (χ2v) is 13.1. The Morgan fingerprint density at radius 3 is 2.80 bits per heavy atom. The van der Waals surface area contributed by atoms with Crippen LogP contribution in [0.3, 0.4) is 0 Å². The Hall–Kier alpha value is -3.77. The predicted octanol–water partition coefficient (Wildman–Crippen LogP) is 4.16. The van der Waals surface area contributed by atoms with Crippen molar-refractivity contribution in [1.29, 1.82) is 0 Å². The molecule has 1 amide bonds. The highest BCUT2D eigenvalue weighted by atomic mass is 32.2. The molecule has 12 heteroatoms. The number of aromatic nitrogens is 3. The number of rotatable bonds is 1. The lowest BCUT2D eigenvalue weighted by Gasteiger charge is -2.23. The van der Waals surface area contributed by atoms with Gasteiger partial charge in [0.15, 0.2) is 0 Å². The first-order valence-corrected chi connectivity index (χ1v) is 15.4. The minimum Gasteiger partial charge on any atom is -0.477 e. The molecular formula is C28H33N7O4S. The number of hydrogen-bond donors (Lipinski definition) is 1. The number of guanidine groups is 1. The molecule has 6 rings (SSSR count). The van der Waals surface area contributed by atoms with Crippen LogP contribution in [0.4, 0.5) is 17.1 Å². The van der Waals surface area contributed by atoms with Crippen LogP contribution in [0.1, 0.15) is 35.8 Å². The number of aliphatic imine (C=N–C) groups is 1. The fraction of sp³-hybridized carbons (Fsp3) is 0.429. The van der Waals surface area contributed by atoms with Crippen LogP contribution in [-0.2, 0) is 21.5 Å². The first kappa shape index (κ1) is 26.5. The Balaban J connectivity index is 1.40. The fourth-order valence-corrected chi connectivity index (χ4v) is 6.86. The molecule has 1 aromatic carbocycles. The molecule has 210 valence electrons. The van der Waals surface area contributed by atoms with Gasteiger partial charge in [-0.3, -0.25) is 9.78 Å². The molecule has 11 nitrogen and oxygen atoms in total. The molecule has 3 aliphatic heterocycles. The molecule has 5 heterocycles. The summed E-state index contributed by atoms with van der Waals surface area (Å²) in [7, 11) is -0.524. The second-order valence-electron chi connectivity index (χ2n) is 10.5. The van der Waals surface area contributed by atoms with Gasteiger partial charge in [-0.1, -0.05) is 6.92 Å². The van der Waals surface area contributed by atoms with Crippen LogP contribution >= 0.6 is 0 Å². The number of hydrogen-bond acceptors (Lipinski definition) is 9. The van der Waals surface area contributed by atoms with Crippen LogP contribution in [0.15, 0.2) is 45.9 Å². The average Bonchev–Trinajstić information content (AvgIpc) is 3.45. The maximum Gasteiger partial charge on any atom is 0.280 e. The van der Waals surface area contributed by atoms with Crippen LogP contribution in [0, 0.1) is 12.8 Å². The largest absolute Gasteiger partial charge is 0.477 e. The summed E-state index contributed by atoms with van der Waals surface area (Å²) in [5, 5.41) is 7.69. The highest BCUT2D eigenvalue weighted by molar-refractivity contribution is 7.93. The highest BCUT2D eigenvalue weighted by Gasteiger charge is 2.29. The van der Waals surface area contributed by atoms with Crippen molar-refractivity contribution >= 4 is 38.7 Å². The molecule has 3 aliphatic rings. The Morgan fingerprint density at radius 2 is 1.98 bits per heavy atom. The van der Waals surface area contributed by atoms with Gasteiger partial charge in [-0.05, 0) is 56.0 Å². The predicted molar refractivity (Wildman–Crippen MR) is 155 cm³/mol. The molecule has 2 aromatic heterocycles. The van der Waals surface area contributed by atoms with E-state index in [1.807, 2.05) is 37.1 Å². The van der Waals surface area contributed by atoms with Crippen LogP contribution in [0.2, 0.25) is 0 Å². The molecule has 3 aromatic rings. The average molecular weight is 564 g/mol. The Labute approximate surface area is 233 Å². The van der Waals surface area contributed by atoms with Crippen LogP contribution < -0.4 is 15.0 Å². The van der Waals surface area contributed by atoms with Gasteiger partial charge < -0.3 is 19.7 Å². The Morgan fingerprint density at radius 1 is 1.15 bits per heavy atom. The zero-order valence-electron chi connectivity index (χ0n) is 22.9. The normalized spacial score (nSPS) is 21.9. The lowest BCUT2D eigenvalue weighted by Crippen LogP contribution is -2.35. The number of amides is 1. The van der Waals surface area contributed by atoms with Crippen molar-refractivity contribution in [3.05, 3.63) is 47.8 Å². The van der Waals surface area contributed by atoms with Crippen molar-refractivity contribution < 1.29 is 18.5 Å². The summed E-state index contributed by atoms with van der Waals surface area (Å²) in [6.45, 7) is 6.11. The third-order valence-corrected chi connectivity index (χ3v) is 9.43. The molecule has 1 atom stereocenters. The van der Waals surface area contributed by atoms with Crippen LogP contribution in [-0.4, -0.2) is 68.7 Å². The van der Waals surface area contributed by atoms with E-state index in [0.717, 1.165) is 29.8 Å². The van der Waals surface area contributed by atoms with E-state index in [9.17, 15) is 9.00 Å². The minimum atomic E-state index is -2.36. The number of fused-ring (bicyclic) bond motifs is 7. The number of anilines is 2. The van der Waals surface area contributed by atoms with Gasteiger partial charge in [-0.2, -0.15) is 14.5 Å². The molecule has 1 N–H and O–H groups in total. The summed E-state index contributed by atoms with van der Waals surface area (Å²) >= 11 is 0. The molecular weight excluding hydrogens is 530 g/mol. The number of pyridine rings is 1. The SMILES string of the molecule is Cc1cc2cc(n1)-c1cnn(C)c1OCCCC(C)CN1/C(=N/C2=O)Nc2ccc(N=S3(=O)CCOCC3)cc21. The number of ether oxygens (including phenoxy) is 2. The smallest absolute Gasteiger partial charge is 0.280 e. The summed E-state index contributed by atoms with van der Waals surface area (Å²) in [6.07, 6.45) is 3.46. The van der Waals surface area contributed by atoms with E-state index in [-0.39, 0.29) is 11.8 Å². The molecule has 1 fully saturated rings. The van der Waals surface area contributed by atoms with Crippen LogP contribution in [0.25, 0.3) is 11.3 Å². The summed E-state index contributed by atoms with van der Waals surface area (Å²) in [5.41, 5.74) is 4.82. The number of nitrogens with one attached hydrogen (secondary N) is 1. The van der Waals surface area contributed by atoms with E-state index >= 15 is 0 Å². The number of aryl methyl sites for hydroxylation is 2. The van der Waals surface area contributed by atoms with Crippen LogP contribution in [0.5, 0.6) is 5.88 Å². The van der Waals surface area contributed by atoms with Crippen molar-refractivity contribution in [2.24, 2.45) is 22.3 Å². The van der Waals surface area contributed by atoms with Gasteiger partial charge in [0.1, 0.15) is 0 Å². The van der Waals surface area contributed by atoms with Gasteiger partial charge in [0.25, 0.3) is 5.91 Å². The third-order valence-electron chi connectivity index (χ3n) is 7.28. The van der Waals surface area contributed by atoms with Gasteiger partial charge in [0.2, 0.25) is 11.8 Å². The molecule has 1 saturated heterocycles. The summed E-state index contributed by atoms with van der Waals surface area (Å²) in [4.78, 5) is 24.8. The Kier molecular flexibility index (Phi) is 7.05. The summed E-state index contributed by atoms with van der Waals surface area (Å²) in [5.74, 6) is 1.84. The molecule has 0 saturated carbocycles.